The van der Waals surface area contributed by atoms with Gasteiger partial charge >= 0.3 is 0 Å². The fourth-order valence-corrected chi connectivity index (χ4v) is 4.25. The Morgan fingerprint density at radius 1 is 1.25 bits per heavy atom. The molecule has 1 aromatic rings. The number of hydrogen-bond acceptors (Lipinski definition) is 7. The summed E-state index contributed by atoms with van der Waals surface area (Å²) >= 11 is 0. The molecule has 0 aromatic carbocycles. The van der Waals surface area contributed by atoms with Crippen LogP contribution in [0.5, 0.6) is 0 Å². The van der Waals surface area contributed by atoms with Gasteiger partial charge in [-0.15, -0.1) is 24.8 Å². The molecule has 3 aliphatic rings. The average molecular weight is 433 g/mol. The van der Waals surface area contributed by atoms with Gasteiger partial charge in [0.2, 0.25) is 5.95 Å². The van der Waals surface area contributed by atoms with Crippen LogP contribution >= 0.6 is 24.8 Å². The van der Waals surface area contributed by atoms with E-state index in [-0.39, 0.29) is 30.7 Å². The molecule has 0 bridgehead atoms. The molecule has 0 spiro atoms. The molecular weight excluding hydrogens is 403 g/mol. The van der Waals surface area contributed by atoms with Crippen molar-refractivity contribution < 1.29 is 9.90 Å². The second kappa shape index (κ2) is 9.54. The summed E-state index contributed by atoms with van der Waals surface area (Å²) in [6.07, 6.45) is 3.66. The number of carbonyl (C=O) groups is 1. The van der Waals surface area contributed by atoms with Crippen LogP contribution in [0.25, 0.3) is 0 Å². The second-order valence-electron chi connectivity index (χ2n) is 7.68. The molecular formula is C18H30Cl2N6O2. The zero-order chi connectivity index (χ0) is 18.1. The van der Waals surface area contributed by atoms with Gasteiger partial charge < -0.3 is 20.6 Å². The van der Waals surface area contributed by atoms with E-state index in [1.807, 2.05) is 4.90 Å². The van der Waals surface area contributed by atoms with Gasteiger partial charge in [0.05, 0.1) is 11.3 Å². The minimum absolute atomic E-state index is 0. The van der Waals surface area contributed by atoms with Gasteiger partial charge in [0.25, 0.3) is 5.91 Å². The normalized spacial score (nSPS) is 24.3. The first-order valence-corrected chi connectivity index (χ1v) is 9.60. The third-order valence-electron chi connectivity index (χ3n) is 5.70. The van der Waals surface area contributed by atoms with Crippen molar-refractivity contribution in [2.45, 2.75) is 37.8 Å². The molecule has 3 aliphatic heterocycles. The van der Waals surface area contributed by atoms with E-state index >= 15 is 0 Å². The molecule has 0 saturated carbocycles. The molecule has 8 nitrogen and oxygen atoms in total. The van der Waals surface area contributed by atoms with Crippen LogP contribution in [0.1, 0.15) is 41.0 Å². The quantitative estimate of drug-likeness (QED) is 0.643. The number of halogens is 2. The average Bonchev–Trinajstić information content (AvgIpc) is 3.32. The predicted octanol–water partition coefficient (Wildman–Crippen LogP) is 0.680. The van der Waals surface area contributed by atoms with E-state index in [0.29, 0.717) is 31.3 Å². The number of β-amino-alcohol motifs (C(OH)–C–C–N with tert-alkyl or cyclic N) is 1. The molecule has 2 saturated heterocycles. The number of aliphatic hydroxyl groups is 1. The van der Waals surface area contributed by atoms with Crippen LogP contribution in [-0.4, -0.2) is 82.7 Å². The van der Waals surface area contributed by atoms with Crippen LogP contribution < -0.4 is 10.6 Å². The lowest BCUT2D eigenvalue weighted by atomic mass is 9.98. The highest BCUT2D eigenvalue weighted by Crippen LogP contribution is 2.26. The minimum atomic E-state index is -0.678. The van der Waals surface area contributed by atoms with Gasteiger partial charge in [0, 0.05) is 58.3 Å². The Labute approximate surface area is 178 Å². The van der Waals surface area contributed by atoms with Gasteiger partial charge in [-0.25, -0.2) is 9.97 Å². The van der Waals surface area contributed by atoms with Crippen molar-refractivity contribution in [1.82, 2.24) is 25.1 Å². The van der Waals surface area contributed by atoms with E-state index in [9.17, 15) is 9.90 Å². The Balaban J connectivity index is 0.00000140. The summed E-state index contributed by atoms with van der Waals surface area (Å²) in [5.41, 5.74) is 1.74. The number of hydrogen-bond donors (Lipinski definition) is 3. The van der Waals surface area contributed by atoms with Crippen molar-refractivity contribution in [3.8, 4) is 0 Å². The minimum Gasteiger partial charge on any atom is -0.387 e. The fraction of sp³-hybridized carbons (Fsp3) is 0.722. The number of likely N-dealkylation sites (tertiary alicyclic amines) is 1. The maximum Gasteiger partial charge on any atom is 0.273 e. The number of fused-ring (bicyclic) bond motifs is 1. The molecule has 0 aliphatic carbocycles. The first kappa shape index (κ1) is 23.1. The van der Waals surface area contributed by atoms with Crippen LogP contribution in [0.15, 0.2) is 0 Å². The van der Waals surface area contributed by atoms with E-state index in [1.54, 1.807) is 7.05 Å². The fourth-order valence-electron chi connectivity index (χ4n) is 4.25. The summed E-state index contributed by atoms with van der Waals surface area (Å²) in [4.78, 5) is 26.3. The molecule has 158 valence electrons. The monoisotopic (exact) mass is 432 g/mol. The van der Waals surface area contributed by atoms with Crippen LogP contribution in [0, 0.1) is 0 Å². The number of aromatic nitrogens is 2. The van der Waals surface area contributed by atoms with E-state index in [4.69, 9.17) is 0 Å². The molecule has 1 amide bonds. The van der Waals surface area contributed by atoms with Crippen LogP contribution in [0.2, 0.25) is 0 Å². The Morgan fingerprint density at radius 2 is 2.00 bits per heavy atom. The second-order valence-corrected chi connectivity index (χ2v) is 7.68. The smallest absolute Gasteiger partial charge is 0.273 e. The Bertz CT molecular complexity index is 693. The van der Waals surface area contributed by atoms with Gasteiger partial charge in [-0.3, -0.25) is 9.69 Å². The van der Waals surface area contributed by atoms with Crippen molar-refractivity contribution in [3.63, 3.8) is 0 Å². The Morgan fingerprint density at radius 3 is 2.64 bits per heavy atom. The maximum absolute atomic E-state index is 13.0. The molecule has 2 fully saturated rings. The summed E-state index contributed by atoms with van der Waals surface area (Å²) in [5.74, 6) is 0.527. The molecule has 1 unspecified atom stereocenters. The molecule has 4 rings (SSSR count). The highest BCUT2D eigenvalue weighted by Gasteiger charge is 2.35. The van der Waals surface area contributed by atoms with Crippen LogP contribution in [0.3, 0.4) is 0 Å². The molecule has 3 N–H and O–H groups in total. The van der Waals surface area contributed by atoms with Crippen molar-refractivity contribution in [2.75, 3.05) is 51.6 Å². The standard InChI is InChI=1S/C18H28N6O2.2ClH/c1-19-17-21-14-4-9-23(12-18(26)5-6-20-11-18)10-13(14)15(22-17)16(25)24-7-2-3-8-24;;/h20,26H,2-12H2,1H3,(H,19,21,22);2*1H. The molecule has 28 heavy (non-hydrogen) atoms. The first-order valence-electron chi connectivity index (χ1n) is 9.60. The summed E-state index contributed by atoms with van der Waals surface area (Å²) in [6.45, 7) is 5.18. The zero-order valence-electron chi connectivity index (χ0n) is 16.2. The van der Waals surface area contributed by atoms with E-state index in [0.717, 1.165) is 63.1 Å². The Hall–Kier alpha value is -1.19. The Kier molecular flexibility index (Phi) is 7.87. The molecule has 1 aromatic heterocycles. The lowest BCUT2D eigenvalue weighted by Gasteiger charge is -2.34. The van der Waals surface area contributed by atoms with Crippen LogP contribution in [0.4, 0.5) is 5.95 Å². The summed E-state index contributed by atoms with van der Waals surface area (Å²) < 4.78 is 0. The summed E-state index contributed by atoms with van der Waals surface area (Å²) in [7, 11) is 1.78. The van der Waals surface area contributed by atoms with Gasteiger partial charge in [0.1, 0.15) is 5.69 Å². The lowest BCUT2D eigenvalue weighted by molar-refractivity contribution is 0.0164. The SMILES string of the molecule is CNc1nc2c(c(C(=O)N3CCCC3)n1)CN(CC1(O)CCNC1)CC2.Cl.Cl. The summed E-state index contributed by atoms with van der Waals surface area (Å²) in [5, 5.41) is 16.9. The van der Waals surface area contributed by atoms with Crippen molar-refractivity contribution >= 4 is 36.7 Å². The molecule has 1 atom stereocenters. The zero-order valence-corrected chi connectivity index (χ0v) is 17.9. The van der Waals surface area contributed by atoms with E-state index < -0.39 is 5.60 Å². The number of amides is 1. The first-order chi connectivity index (χ1) is 12.6. The number of anilines is 1. The van der Waals surface area contributed by atoms with Gasteiger partial charge in [0.15, 0.2) is 0 Å². The van der Waals surface area contributed by atoms with Gasteiger partial charge in [-0.05, 0) is 25.8 Å². The summed E-state index contributed by atoms with van der Waals surface area (Å²) in [6, 6.07) is 0. The number of rotatable bonds is 4. The van der Waals surface area contributed by atoms with Gasteiger partial charge in [-0.1, -0.05) is 0 Å². The van der Waals surface area contributed by atoms with Crippen LogP contribution in [-0.2, 0) is 13.0 Å². The van der Waals surface area contributed by atoms with E-state index in [2.05, 4.69) is 25.5 Å². The van der Waals surface area contributed by atoms with Crippen molar-refractivity contribution in [2.24, 2.45) is 0 Å². The maximum atomic E-state index is 13.0. The number of nitrogens with zero attached hydrogens (tertiary/aromatic N) is 4. The lowest BCUT2D eigenvalue weighted by Crippen LogP contribution is -2.47. The highest BCUT2D eigenvalue weighted by atomic mass is 35.5. The number of carbonyl (C=O) groups excluding carboxylic acids is 1. The molecule has 4 heterocycles. The van der Waals surface area contributed by atoms with Gasteiger partial charge in [-0.2, -0.15) is 0 Å². The number of nitrogens with one attached hydrogen (secondary N) is 2. The topological polar surface area (TPSA) is 93.6 Å². The highest BCUT2D eigenvalue weighted by molar-refractivity contribution is 5.94. The van der Waals surface area contributed by atoms with Crippen molar-refractivity contribution in [3.05, 3.63) is 17.0 Å². The largest absolute Gasteiger partial charge is 0.387 e. The molecule has 10 heteroatoms. The predicted molar refractivity (Wildman–Crippen MR) is 113 cm³/mol. The molecule has 0 radical (unpaired) electrons. The van der Waals surface area contributed by atoms with Crippen molar-refractivity contribution in [1.29, 1.82) is 0 Å². The van der Waals surface area contributed by atoms with E-state index in [1.165, 1.54) is 0 Å². The third kappa shape index (κ3) is 4.68. The third-order valence-corrected chi connectivity index (χ3v) is 5.70.